The summed E-state index contributed by atoms with van der Waals surface area (Å²) >= 11 is 0. The van der Waals surface area contributed by atoms with Crippen LogP contribution in [0.15, 0.2) is 24.3 Å². The zero-order valence-electron chi connectivity index (χ0n) is 12.4. The summed E-state index contributed by atoms with van der Waals surface area (Å²) in [7, 11) is 0. The van der Waals surface area contributed by atoms with Crippen LogP contribution in [0.4, 0.5) is 0 Å². The van der Waals surface area contributed by atoms with E-state index in [1.165, 1.54) is 11.1 Å². The Labute approximate surface area is 116 Å². The Kier molecular flexibility index (Phi) is 4.61. The van der Waals surface area contributed by atoms with E-state index in [1.807, 2.05) is 0 Å². The number of rotatable bonds is 4. The third-order valence-corrected chi connectivity index (χ3v) is 3.65. The summed E-state index contributed by atoms with van der Waals surface area (Å²) in [5.74, 6) is 0. The minimum absolute atomic E-state index is 0.0636. The van der Waals surface area contributed by atoms with Crippen LogP contribution in [-0.4, -0.2) is 36.2 Å². The highest BCUT2D eigenvalue weighted by Crippen LogP contribution is 2.22. The second-order valence-corrected chi connectivity index (χ2v) is 6.29. The molecule has 1 heterocycles. The summed E-state index contributed by atoms with van der Waals surface area (Å²) < 4.78 is 5.83. The van der Waals surface area contributed by atoms with E-state index >= 15 is 0 Å². The molecule has 1 aromatic rings. The van der Waals surface area contributed by atoms with Crippen LogP contribution < -0.4 is 5.73 Å². The fourth-order valence-corrected chi connectivity index (χ4v) is 2.60. The molecule has 0 aliphatic carbocycles. The molecule has 0 fully saturated rings. The van der Waals surface area contributed by atoms with Crippen molar-refractivity contribution in [3.63, 3.8) is 0 Å². The van der Waals surface area contributed by atoms with Crippen LogP contribution >= 0.6 is 0 Å². The molecule has 0 amide bonds. The molecule has 106 valence electrons. The maximum Gasteiger partial charge on any atom is 0.0600 e. The van der Waals surface area contributed by atoms with Gasteiger partial charge in [-0.3, -0.25) is 4.90 Å². The first-order valence-corrected chi connectivity index (χ1v) is 7.14. The largest absolute Gasteiger partial charge is 0.375 e. The van der Waals surface area contributed by atoms with E-state index in [4.69, 9.17) is 10.5 Å². The fourth-order valence-electron chi connectivity index (χ4n) is 2.60. The predicted molar refractivity (Wildman–Crippen MR) is 79.1 cm³/mol. The fraction of sp³-hybridized carbons (Fsp3) is 0.625. The van der Waals surface area contributed by atoms with Crippen LogP contribution in [0.25, 0.3) is 0 Å². The van der Waals surface area contributed by atoms with E-state index in [-0.39, 0.29) is 5.60 Å². The molecule has 3 nitrogen and oxygen atoms in total. The van der Waals surface area contributed by atoms with E-state index in [9.17, 15) is 0 Å². The van der Waals surface area contributed by atoms with Crippen molar-refractivity contribution in [2.75, 3.05) is 19.7 Å². The molecular weight excluding hydrogens is 236 g/mol. The standard InChI is InChI=1S/C16H26N2O/c1-16(2,3)19-9-8-18-12-14-7-5-4-6-13(14)10-15(18)11-17/h4-7,15H,8-12,17H2,1-3H3. The molecule has 0 radical (unpaired) electrons. The van der Waals surface area contributed by atoms with Crippen molar-refractivity contribution in [1.29, 1.82) is 0 Å². The first kappa shape index (κ1) is 14.5. The molecule has 0 saturated carbocycles. The summed E-state index contributed by atoms with van der Waals surface area (Å²) in [6.45, 7) is 9.71. The van der Waals surface area contributed by atoms with E-state index in [2.05, 4.69) is 49.9 Å². The number of ether oxygens (including phenoxy) is 1. The lowest BCUT2D eigenvalue weighted by Gasteiger charge is -2.36. The van der Waals surface area contributed by atoms with Crippen LogP contribution in [-0.2, 0) is 17.7 Å². The number of benzene rings is 1. The average molecular weight is 262 g/mol. The van der Waals surface area contributed by atoms with Gasteiger partial charge in [0.25, 0.3) is 0 Å². The maximum absolute atomic E-state index is 5.93. The summed E-state index contributed by atoms with van der Waals surface area (Å²) in [5.41, 5.74) is 8.75. The van der Waals surface area contributed by atoms with E-state index < -0.39 is 0 Å². The third-order valence-electron chi connectivity index (χ3n) is 3.65. The van der Waals surface area contributed by atoms with Gasteiger partial charge < -0.3 is 10.5 Å². The van der Waals surface area contributed by atoms with Gasteiger partial charge in [-0.15, -0.1) is 0 Å². The third kappa shape index (κ3) is 4.03. The second-order valence-electron chi connectivity index (χ2n) is 6.29. The summed E-state index contributed by atoms with van der Waals surface area (Å²) in [6.07, 6.45) is 1.06. The molecule has 1 unspecified atom stereocenters. The van der Waals surface area contributed by atoms with Crippen molar-refractivity contribution in [2.24, 2.45) is 5.73 Å². The van der Waals surface area contributed by atoms with Crippen molar-refractivity contribution >= 4 is 0 Å². The van der Waals surface area contributed by atoms with Crippen molar-refractivity contribution < 1.29 is 4.74 Å². The molecule has 1 aliphatic rings. The molecule has 1 aliphatic heterocycles. The highest BCUT2D eigenvalue weighted by Gasteiger charge is 2.24. The van der Waals surface area contributed by atoms with Crippen molar-refractivity contribution in [1.82, 2.24) is 4.90 Å². The van der Waals surface area contributed by atoms with Gasteiger partial charge >= 0.3 is 0 Å². The van der Waals surface area contributed by atoms with Crippen molar-refractivity contribution in [2.45, 2.75) is 45.4 Å². The SMILES string of the molecule is CC(C)(C)OCCN1Cc2ccccc2CC1CN. The maximum atomic E-state index is 5.93. The first-order valence-electron chi connectivity index (χ1n) is 7.14. The van der Waals surface area contributed by atoms with Gasteiger partial charge in [-0.2, -0.15) is 0 Å². The summed E-state index contributed by atoms with van der Waals surface area (Å²) in [4.78, 5) is 2.45. The minimum Gasteiger partial charge on any atom is -0.375 e. The topological polar surface area (TPSA) is 38.5 Å². The average Bonchev–Trinajstić information content (AvgIpc) is 2.36. The number of nitrogens with two attached hydrogens (primary N) is 1. The quantitative estimate of drug-likeness (QED) is 0.904. The monoisotopic (exact) mass is 262 g/mol. The molecule has 0 spiro atoms. The lowest BCUT2D eigenvalue weighted by molar-refractivity contribution is -0.0195. The van der Waals surface area contributed by atoms with Gasteiger partial charge in [0, 0.05) is 25.7 Å². The lowest BCUT2D eigenvalue weighted by Crippen LogP contribution is -2.46. The Hall–Kier alpha value is -0.900. The Morgan fingerprint density at radius 2 is 1.95 bits per heavy atom. The zero-order valence-corrected chi connectivity index (χ0v) is 12.4. The van der Waals surface area contributed by atoms with Crippen molar-refractivity contribution in [3.8, 4) is 0 Å². The molecule has 0 saturated heterocycles. The number of nitrogens with zero attached hydrogens (tertiary/aromatic N) is 1. The van der Waals surface area contributed by atoms with E-state index in [1.54, 1.807) is 0 Å². The van der Waals surface area contributed by atoms with Gasteiger partial charge in [-0.1, -0.05) is 24.3 Å². The van der Waals surface area contributed by atoms with Crippen LogP contribution in [0.2, 0.25) is 0 Å². The molecule has 3 heteroatoms. The number of fused-ring (bicyclic) bond motifs is 1. The molecule has 2 N–H and O–H groups in total. The summed E-state index contributed by atoms with van der Waals surface area (Å²) in [5, 5.41) is 0. The number of hydrogen-bond acceptors (Lipinski definition) is 3. The summed E-state index contributed by atoms with van der Waals surface area (Å²) in [6, 6.07) is 9.12. The Morgan fingerprint density at radius 3 is 2.58 bits per heavy atom. The molecule has 19 heavy (non-hydrogen) atoms. The first-order chi connectivity index (χ1) is 8.99. The normalized spacial score (nSPS) is 20.3. The van der Waals surface area contributed by atoms with Gasteiger partial charge in [-0.25, -0.2) is 0 Å². The number of hydrogen-bond donors (Lipinski definition) is 1. The Balaban J connectivity index is 1.97. The van der Waals surface area contributed by atoms with Gasteiger partial charge in [-0.05, 0) is 38.3 Å². The molecule has 1 aromatic carbocycles. The van der Waals surface area contributed by atoms with Gasteiger partial charge in [0.05, 0.1) is 12.2 Å². The van der Waals surface area contributed by atoms with Crippen LogP contribution in [0.5, 0.6) is 0 Å². The van der Waals surface area contributed by atoms with Gasteiger partial charge in [0.1, 0.15) is 0 Å². The predicted octanol–water partition coefficient (Wildman–Crippen LogP) is 2.19. The molecule has 0 bridgehead atoms. The van der Waals surface area contributed by atoms with Crippen LogP contribution in [0.1, 0.15) is 31.9 Å². The molecule has 2 rings (SSSR count). The lowest BCUT2D eigenvalue weighted by atomic mass is 9.94. The molecular formula is C16H26N2O. The van der Waals surface area contributed by atoms with Crippen molar-refractivity contribution in [3.05, 3.63) is 35.4 Å². The zero-order chi connectivity index (χ0) is 13.9. The Bertz CT molecular complexity index is 411. The minimum atomic E-state index is -0.0636. The van der Waals surface area contributed by atoms with Crippen LogP contribution in [0.3, 0.4) is 0 Å². The second kappa shape index (κ2) is 6.04. The highest BCUT2D eigenvalue weighted by molar-refractivity contribution is 5.30. The highest BCUT2D eigenvalue weighted by atomic mass is 16.5. The molecule has 1 atom stereocenters. The van der Waals surface area contributed by atoms with Crippen LogP contribution in [0, 0.1) is 0 Å². The smallest absolute Gasteiger partial charge is 0.0600 e. The van der Waals surface area contributed by atoms with E-state index in [0.29, 0.717) is 12.6 Å². The van der Waals surface area contributed by atoms with Gasteiger partial charge in [0.2, 0.25) is 0 Å². The Morgan fingerprint density at radius 1 is 1.26 bits per heavy atom. The molecule has 0 aromatic heterocycles. The van der Waals surface area contributed by atoms with Gasteiger partial charge in [0.15, 0.2) is 0 Å². The van der Waals surface area contributed by atoms with E-state index in [0.717, 1.165) is 26.1 Å².